The van der Waals surface area contributed by atoms with Gasteiger partial charge in [0.05, 0.1) is 11.5 Å². The van der Waals surface area contributed by atoms with Gasteiger partial charge in [0, 0.05) is 25.5 Å². The van der Waals surface area contributed by atoms with Crippen LogP contribution in [0.3, 0.4) is 0 Å². The Hall–Kier alpha value is -1.98. The molecule has 1 aliphatic heterocycles. The van der Waals surface area contributed by atoms with E-state index in [-0.39, 0.29) is 23.5 Å². The SMILES string of the molecule is N#Cc1cncc(S(=O)(=O)N2CCCC(C(=O)O)C2)c1. The molecule has 1 aliphatic rings. The maximum Gasteiger partial charge on any atom is 0.307 e. The van der Waals surface area contributed by atoms with Gasteiger partial charge in [-0.05, 0) is 18.9 Å². The van der Waals surface area contributed by atoms with E-state index in [1.807, 2.05) is 6.07 Å². The summed E-state index contributed by atoms with van der Waals surface area (Å²) in [6.45, 7) is 0.233. The zero-order chi connectivity index (χ0) is 14.8. The lowest BCUT2D eigenvalue weighted by atomic mass is 10.0. The number of hydrogen-bond donors (Lipinski definition) is 1. The van der Waals surface area contributed by atoms with Crippen molar-refractivity contribution in [2.24, 2.45) is 5.92 Å². The zero-order valence-corrected chi connectivity index (χ0v) is 11.4. The minimum absolute atomic E-state index is 0.0472. The van der Waals surface area contributed by atoms with Crippen LogP contribution in [0.4, 0.5) is 0 Å². The third-order valence-corrected chi connectivity index (χ3v) is 5.04. The molecule has 1 aromatic rings. The van der Waals surface area contributed by atoms with Crippen molar-refractivity contribution >= 4 is 16.0 Å². The molecule has 1 N–H and O–H groups in total. The predicted octanol–water partition coefficient (Wildman–Crippen LogP) is 0.439. The molecule has 0 saturated carbocycles. The Bertz CT molecular complexity index is 666. The van der Waals surface area contributed by atoms with Crippen molar-refractivity contribution in [2.45, 2.75) is 17.7 Å². The van der Waals surface area contributed by atoms with Gasteiger partial charge in [0.1, 0.15) is 11.0 Å². The molecule has 20 heavy (non-hydrogen) atoms. The molecule has 1 atom stereocenters. The number of pyridine rings is 1. The lowest BCUT2D eigenvalue weighted by Crippen LogP contribution is -2.42. The molecule has 2 heterocycles. The maximum atomic E-state index is 12.4. The second kappa shape index (κ2) is 5.56. The maximum absolute atomic E-state index is 12.4. The molecular weight excluding hydrogens is 282 g/mol. The Morgan fingerprint density at radius 3 is 2.90 bits per heavy atom. The molecule has 2 rings (SSSR count). The molecule has 1 saturated heterocycles. The van der Waals surface area contributed by atoms with Crippen molar-refractivity contribution in [3.05, 3.63) is 24.0 Å². The zero-order valence-electron chi connectivity index (χ0n) is 10.6. The van der Waals surface area contributed by atoms with Crippen molar-refractivity contribution in [2.75, 3.05) is 13.1 Å². The van der Waals surface area contributed by atoms with Crippen molar-refractivity contribution in [3.63, 3.8) is 0 Å². The summed E-state index contributed by atoms with van der Waals surface area (Å²) in [5.41, 5.74) is 0.151. The van der Waals surface area contributed by atoms with E-state index in [1.54, 1.807) is 0 Å². The quantitative estimate of drug-likeness (QED) is 0.866. The second-order valence-corrected chi connectivity index (χ2v) is 6.50. The number of aliphatic carboxylic acids is 1. The van der Waals surface area contributed by atoms with Crippen LogP contribution in [-0.2, 0) is 14.8 Å². The molecule has 106 valence electrons. The number of nitrogens with zero attached hydrogens (tertiary/aromatic N) is 3. The van der Waals surface area contributed by atoms with Gasteiger partial charge in [-0.15, -0.1) is 0 Å². The molecule has 8 heteroatoms. The molecule has 1 unspecified atom stereocenters. The highest BCUT2D eigenvalue weighted by atomic mass is 32.2. The lowest BCUT2D eigenvalue weighted by Gasteiger charge is -2.29. The van der Waals surface area contributed by atoms with Gasteiger partial charge in [-0.3, -0.25) is 9.78 Å². The summed E-state index contributed by atoms with van der Waals surface area (Å²) in [5.74, 6) is -1.68. The van der Waals surface area contributed by atoms with Crippen LogP contribution in [0.5, 0.6) is 0 Å². The van der Waals surface area contributed by atoms with Crippen LogP contribution in [0.1, 0.15) is 18.4 Å². The minimum Gasteiger partial charge on any atom is -0.481 e. The van der Waals surface area contributed by atoms with Gasteiger partial charge in [0.2, 0.25) is 10.0 Å². The fraction of sp³-hybridized carbons (Fsp3) is 0.417. The van der Waals surface area contributed by atoms with E-state index in [2.05, 4.69) is 4.98 Å². The Kier molecular flexibility index (Phi) is 4.01. The third-order valence-electron chi connectivity index (χ3n) is 3.21. The summed E-state index contributed by atoms with van der Waals surface area (Å²) < 4.78 is 26.0. The molecule has 1 fully saturated rings. The van der Waals surface area contributed by atoms with Crippen LogP contribution in [0.15, 0.2) is 23.4 Å². The van der Waals surface area contributed by atoms with Crippen LogP contribution in [0.2, 0.25) is 0 Å². The summed E-state index contributed by atoms with van der Waals surface area (Å²) in [5, 5.41) is 17.8. The number of hydrogen-bond acceptors (Lipinski definition) is 5. The molecular formula is C12H13N3O4S. The molecule has 1 aromatic heterocycles. The normalized spacial score (nSPS) is 20.2. The number of piperidine rings is 1. The van der Waals surface area contributed by atoms with Crippen LogP contribution < -0.4 is 0 Å². The van der Waals surface area contributed by atoms with E-state index in [4.69, 9.17) is 10.4 Å². The average molecular weight is 295 g/mol. The van der Waals surface area contributed by atoms with Crippen molar-refractivity contribution in [3.8, 4) is 6.07 Å². The molecule has 0 amide bonds. The molecule has 0 aromatic carbocycles. The van der Waals surface area contributed by atoms with Gasteiger partial charge in [-0.25, -0.2) is 8.42 Å². The van der Waals surface area contributed by atoms with Crippen molar-refractivity contribution in [1.29, 1.82) is 5.26 Å². The Labute approximate surface area is 116 Å². The monoisotopic (exact) mass is 295 g/mol. The highest BCUT2D eigenvalue weighted by Gasteiger charge is 2.33. The first-order valence-electron chi connectivity index (χ1n) is 6.03. The Morgan fingerprint density at radius 2 is 2.25 bits per heavy atom. The highest BCUT2D eigenvalue weighted by Crippen LogP contribution is 2.23. The lowest BCUT2D eigenvalue weighted by molar-refractivity contribution is -0.142. The van der Waals surface area contributed by atoms with Crippen LogP contribution >= 0.6 is 0 Å². The molecule has 0 radical (unpaired) electrons. The van der Waals surface area contributed by atoms with Gasteiger partial charge in [0.15, 0.2) is 0 Å². The van der Waals surface area contributed by atoms with E-state index in [0.29, 0.717) is 12.8 Å². The van der Waals surface area contributed by atoms with E-state index >= 15 is 0 Å². The van der Waals surface area contributed by atoms with Gasteiger partial charge in [0.25, 0.3) is 0 Å². The molecule has 7 nitrogen and oxygen atoms in total. The van der Waals surface area contributed by atoms with Crippen molar-refractivity contribution in [1.82, 2.24) is 9.29 Å². The first-order valence-corrected chi connectivity index (χ1v) is 7.47. The summed E-state index contributed by atoms with van der Waals surface area (Å²) >= 11 is 0. The van der Waals surface area contributed by atoms with E-state index in [9.17, 15) is 13.2 Å². The number of carbonyl (C=O) groups is 1. The third kappa shape index (κ3) is 2.79. The number of rotatable bonds is 3. The Balaban J connectivity index is 2.30. The largest absolute Gasteiger partial charge is 0.481 e. The van der Waals surface area contributed by atoms with Gasteiger partial charge < -0.3 is 5.11 Å². The summed E-state index contributed by atoms with van der Waals surface area (Å²) in [4.78, 5) is 14.6. The summed E-state index contributed by atoms with van der Waals surface area (Å²) in [6, 6.07) is 3.07. The molecule has 0 aliphatic carbocycles. The van der Waals surface area contributed by atoms with E-state index in [1.165, 1.54) is 18.5 Å². The van der Waals surface area contributed by atoms with Gasteiger partial charge in [-0.1, -0.05) is 0 Å². The molecule has 0 bridgehead atoms. The number of carboxylic acid groups (broad SMARTS) is 1. The first-order chi connectivity index (χ1) is 9.45. The smallest absolute Gasteiger partial charge is 0.307 e. The van der Waals surface area contributed by atoms with Gasteiger partial charge >= 0.3 is 5.97 Å². The summed E-state index contributed by atoms with van der Waals surface area (Å²) in [7, 11) is -3.80. The number of sulfonamides is 1. The second-order valence-electron chi connectivity index (χ2n) is 4.56. The van der Waals surface area contributed by atoms with Crippen molar-refractivity contribution < 1.29 is 18.3 Å². The fourth-order valence-corrected chi connectivity index (χ4v) is 3.65. The summed E-state index contributed by atoms with van der Waals surface area (Å²) in [6.07, 6.45) is 3.41. The average Bonchev–Trinajstić information content (AvgIpc) is 2.47. The van der Waals surface area contributed by atoms with Crippen LogP contribution in [0.25, 0.3) is 0 Å². The Morgan fingerprint density at radius 1 is 1.50 bits per heavy atom. The van der Waals surface area contributed by atoms with Crippen LogP contribution in [-0.4, -0.2) is 41.9 Å². The highest BCUT2D eigenvalue weighted by molar-refractivity contribution is 7.89. The van der Waals surface area contributed by atoms with Gasteiger partial charge in [-0.2, -0.15) is 9.57 Å². The number of aromatic nitrogens is 1. The number of nitriles is 1. The fourth-order valence-electron chi connectivity index (χ4n) is 2.13. The standard InChI is InChI=1S/C12H13N3O4S/c13-5-9-4-11(7-14-6-9)20(18,19)15-3-1-2-10(8-15)12(16)17/h4,6-7,10H,1-3,8H2,(H,16,17). The topological polar surface area (TPSA) is 111 Å². The minimum atomic E-state index is -3.80. The van der Waals surface area contributed by atoms with E-state index in [0.717, 1.165) is 4.31 Å². The first kappa shape index (κ1) is 14.4. The van der Waals surface area contributed by atoms with E-state index < -0.39 is 21.9 Å². The molecule has 0 spiro atoms. The predicted molar refractivity (Wildman–Crippen MR) is 68.1 cm³/mol. The number of carboxylic acids is 1. The van der Waals surface area contributed by atoms with Crippen LogP contribution in [0, 0.1) is 17.2 Å².